The Hall–Kier alpha value is -0.450. The van der Waals surface area contributed by atoms with Crippen LogP contribution in [0.2, 0.25) is 5.02 Å². The summed E-state index contributed by atoms with van der Waals surface area (Å²) in [6.45, 7) is 6.11. The molecule has 2 aliphatic heterocycles. The molecule has 0 unspecified atom stereocenters. The molecule has 0 spiro atoms. The summed E-state index contributed by atoms with van der Waals surface area (Å²) in [7, 11) is 0. The molecular formula is C13H14BrClN2S. The summed E-state index contributed by atoms with van der Waals surface area (Å²) in [5.41, 5.74) is 3.66. The number of aryl methyl sites for hydroxylation is 1. The fourth-order valence-electron chi connectivity index (χ4n) is 2.25. The topological polar surface area (TPSA) is 15.6 Å². The molecule has 3 rings (SSSR count). The molecule has 2 heterocycles. The lowest BCUT2D eigenvalue weighted by Gasteiger charge is -2.17. The Kier molecular flexibility index (Phi) is 4.09. The van der Waals surface area contributed by atoms with E-state index in [1.165, 1.54) is 16.2 Å². The van der Waals surface area contributed by atoms with Gasteiger partial charge >= 0.3 is 0 Å². The average molecular weight is 346 g/mol. The van der Waals surface area contributed by atoms with Crippen LogP contribution >= 0.6 is 40.3 Å². The highest BCUT2D eigenvalue weighted by Crippen LogP contribution is 2.41. The van der Waals surface area contributed by atoms with Gasteiger partial charge < -0.3 is 4.90 Å². The van der Waals surface area contributed by atoms with Gasteiger partial charge in [0.2, 0.25) is 0 Å². The molecule has 1 aromatic rings. The lowest BCUT2D eigenvalue weighted by molar-refractivity contribution is 0.647. The van der Waals surface area contributed by atoms with Crippen LogP contribution in [-0.2, 0) is 0 Å². The maximum absolute atomic E-state index is 6.08. The van der Waals surface area contributed by atoms with Crippen molar-refractivity contribution in [3.63, 3.8) is 0 Å². The van der Waals surface area contributed by atoms with Crippen LogP contribution < -0.4 is 0 Å². The molecular weight excluding hydrogens is 332 g/mol. The van der Waals surface area contributed by atoms with Gasteiger partial charge in [-0.15, -0.1) is 17.0 Å². The Morgan fingerprint density at radius 3 is 2.83 bits per heavy atom. The highest BCUT2D eigenvalue weighted by molar-refractivity contribution is 8.93. The number of thioether (sulfide) groups is 1. The summed E-state index contributed by atoms with van der Waals surface area (Å²) in [6.07, 6.45) is 0. The molecule has 0 aliphatic carbocycles. The number of fused-ring (bicyclic) bond motifs is 1. The molecule has 2 aliphatic rings. The number of hydrogen-bond acceptors (Lipinski definition) is 3. The average Bonchev–Trinajstić information content (AvgIpc) is 2.82. The molecule has 0 saturated carbocycles. The monoisotopic (exact) mass is 344 g/mol. The Bertz CT molecular complexity index is 554. The van der Waals surface area contributed by atoms with Crippen molar-refractivity contribution in [2.75, 3.05) is 13.1 Å². The fraction of sp³-hybridized carbons (Fsp3) is 0.308. The Morgan fingerprint density at radius 1 is 1.33 bits per heavy atom. The molecule has 0 fully saturated rings. The first-order valence-electron chi connectivity index (χ1n) is 5.64. The predicted octanol–water partition coefficient (Wildman–Crippen LogP) is 4.33. The zero-order valence-electron chi connectivity index (χ0n) is 10.2. The lowest BCUT2D eigenvalue weighted by Crippen LogP contribution is -2.20. The SMILES string of the molecule is Br.CC1=C(c2ccc(Cl)c(C)c2)N2CCN=C2S1. The number of hydrogen-bond donors (Lipinski definition) is 0. The van der Waals surface area contributed by atoms with Gasteiger partial charge in [0.05, 0.1) is 12.2 Å². The van der Waals surface area contributed by atoms with Crippen molar-refractivity contribution >= 4 is 51.2 Å². The largest absolute Gasteiger partial charge is 0.318 e. The first-order chi connectivity index (χ1) is 8.16. The Labute approximate surface area is 127 Å². The third kappa shape index (κ3) is 2.22. The minimum Gasteiger partial charge on any atom is -0.318 e. The van der Waals surface area contributed by atoms with E-state index in [1.807, 2.05) is 13.0 Å². The molecule has 0 saturated heterocycles. The summed E-state index contributed by atoms with van der Waals surface area (Å²) in [5.74, 6) is 0. The standard InChI is InChI=1S/C13H13ClN2S.BrH/c1-8-7-10(3-4-11(8)14)12-9(2)17-13-15-5-6-16(12)13;/h3-4,7H,5-6H2,1-2H3;1H. The minimum absolute atomic E-state index is 0. The predicted molar refractivity (Wildman–Crippen MR) is 85.7 cm³/mol. The first-order valence-corrected chi connectivity index (χ1v) is 6.83. The van der Waals surface area contributed by atoms with Gasteiger partial charge in [-0.3, -0.25) is 4.99 Å². The van der Waals surface area contributed by atoms with Crippen LogP contribution in [0.4, 0.5) is 0 Å². The summed E-state index contributed by atoms with van der Waals surface area (Å²) >= 11 is 7.85. The van der Waals surface area contributed by atoms with Gasteiger partial charge in [-0.1, -0.05) is 29.4 Å². The Balaban J connectivity index is 0.00000120. The number of nitrogens with zero attached hydrogens (tertiary/aromatic N) is 2. The van der Waals surface area contributed by atoms with Crippen molar-refractivity contribution in [3.8, 4) is 0 Å². The van der Waals surface area contributed by atoms with Crippen molar-refractivity contribution in [3.05, 3.63) is 39.3 Å². The number of allylic oxidation sites excluding steroid dienone is 1. The molecule has 0 bridgehead atoms. The van der Waals surface area contributed by atoms with Gasteiger partial charge in [-0.25, -0.2) is 0 Å². The van der Waals surface area contributed by atoms with E-state index in [0.717, 1.165) is 28.8 Å². The second-order valence-corrected chi connectivity index (χ2v) is 5.88. The van der Waals surface area contributed by atoms with E-state index in [1.54, 1.807) is 11.8 Å². The Morgan fingerprint density at radius 2 is 2.11 bits per heavy atom. The quantitative estimate of drug-likeness (QED) is 0.752. The molecule has 96 valence electrons. The number of amidine groups is 1. The minimum atomic E-state index is 0. The third-order valence-corrected chi connectivity index (χ3v) is 4.54. The van der Waals surface area contributed by atoms with Crippen LogP contribution in [-0.4, -0.2) is 23.2 Å². The third-order valence-electron chi connectivity index (χ3n) is 3.08. The molecule has 1 aromatic carbocycles. The normalized spacial score (nSPS) is 17.7. The highest BCUT2D eigenvalue weighted by Gasteiger charge is 2.30. The molecule has 0 atom stereocenters. The van der Waals surface area contributed by atoms with Gasteiger partial charge in [-0.2, -0.15) is 0 Å². The second-order valence-electron chi connectivity index (χ2n) is 4.29. The number of halogens is 2. The smallest absolute Gasteiger partial charge is 0.168 e. The molecule has 0 N–H and O–H groups in total. The van der Waals surface area contributed by atoms with E-state index in [2.05, 4.69) is 28.9 Å². The highest BCUT2D eigenvalue weighted by atomic mass is 79.9. The summed E-state index contributed by atoms with van der Waals surface area (Å²) in [4.78, 5) is 8.13. The maximum atomic E-state index is 6.08. The zero-order valence-corrected chi connectivity index (χ0v) is 13.5. The number of aliphatic imine (C=N–C) groups is 1. The lowest BCUT2D eigenvalue weighted by atomic mass is 10.1. The molecule has 0 amide bonds. The van der Waals surface area contributed by atoms with Gasteiger partial charge in [0, 0.05) is 16.5 Å². The maximum Gasteiger partial charge on any atom is 0.168 e. The van der Waals surface area contributed by atoms with Gasteiger partial charge in [0.15, 0.2) is 5.17 Å². The van der Waals surface area contributed by atoms with Crippen LogP contribution in [0, 0.1) is 6.92 Å². The summed E-state index contributed by atoms with van der Waals surface area (Å²) < 4.78 is 0. The van der Waals surface area contributed by atoms with E-state index in [4.69, 9.17) is 11.6 Å². The number of rotatable bonds is 1. The van der Waals surface area contributed by atoms with E-state index in [0.29, 0.717) is 0 Å². The van der Waals surface area contributed by atoms with Crippen LogP contribution in [0.5, 0.6) is 0 Å². The van der Waals surface area contributed by atoms with E-state index in [-0.39, 0.29) is 17.0 Å². The van der Waals surface area contributed by atoms with Gasteiger partial charge in [-0.05, 0) is 37.1 Å². The molecule has 18 heavy (non-hydrogen) atoms. The van der Waals surface area contributed by atoms with Crippen LogP contribution in [0.1, 0.15) is 18.1 Å². The molecule has 0 radical (unpaired) electrons. The molecule has 2 nitrogen and oxygen atoms in total. The fourth-order valence-corrected chi connectivity index (χ4v) is 3.41. The van der Waals surface area contributed by atoms with E-state index in [9.17, 15) is 0 Å². The summed E-state index contributed by atoms with van der Waals surface area (Å²) in [5, 5.41) is 1.97. The number of benzene rings is 1. The summed E-state index contributed by atoms with van der Waals surface area (Å²) in [6, 6.07) is 6.22. The van der Waals surface area contributed by atoms with Crippen LogP contribution in [0.25, 0.3) is 5.70 Å². The van der Waals surface area contributed by atoms with Crippen molar-refractivity contribution in [1.29, 1.82) is 0 Å². The van der Waals surface area contributed by atoms with Gasteiger partial charge in [0.25, 0.3) is 0 Å². The molecule has 5 heteroatoms. The van der Waals surface area contributed by atoms with Crippen LogP contribution in [0.3, 0.4) is 0 Å². The van der Waals surface area contributed by atoms with E-state index >= 15 is 0 Å². The van der Waals surface area contributed by atoms with E-state index < -0.39 is 0 Å². The molecule has 0 aromatic heterocycles. The van der Waals surface area contributed by atoms with Crippen molar-refractivity contribution in [2.45, 2.75) is 13.8 Å². The van der Waals surface area contributed by atoms with Crippen LogP contribution in [0.15, 0.2) is 28.1 Å². The zero-order chi connectivity index (χ0) is 12.0. The van der Waals surface area contributed by atoms with Crippen molar-refractivity contribution in [1.82, 2.24) is 4.90 Å². The first kappa shape index (κ1) is 14.0. The van der Waals surface area contributed by atoms with Crippen molar-refractivity contribution in [2.24, 2.45) is 4.99 Å². The van der Waals surface area contributed by atoms with Crippen molar-refractivity contribution < 1.29 is 0 Å². The van der Waals surface area contributed by atoms with Gasteiger partial charge in [0.1, 0.15) is 0 Å². The second kappa shape index (κ2) is 5.27.